The van der Waals surface area contributed by atoms with Gasteiger partial charge in [0.2, 0.25) is 10.0 Å². The topological polar surface area (TPSA) is 75.2 Å². The Morgan fingerprint density at radius 2 is 1.85 bits per heavy atom. The minimum absolute atomic E-state index is 0.209. The first-order chi connectivity index (χ1) is 16.3. The summed E-state index contributed by atoms with van der Waals surface area (Å²) in [5.74, 6) is 1.60. The Morgan fingerprint density at radius 3 is 2.56 bits per heavy atom. The van der Waals surface area contributed by atoms with Gasteiger partial charge in [0.25, 0.3) is 0 Å². The van der Waals surface area contributed by atoms with E-state index in [-0.39, 0.29) is 6.04 Å². The number of fused-ring (bicyclic) bond motifs is 3. The molecule has 34 heavy (non-hydrogen) atoms. The average Bonchev–Trinajstić information content (AvgIpc) is 2.83. The number of benzene rings is 2. The molecule has 0 aliphatic carbocycles. The number of aromatic nitrogens is 2. The van der Waals surface area contributed by atoms with Gasteiger partial charge in [-0.1, -0.05) is 51.8 Å². The van der Waals surface area contributed by atoms with Crippen LogP contribution in [0.25, 0.3) is 11.3 Å². The third kappa shape index (κ3) is 4.82. The summed E-state index contributed by atoms with van der Waals surface area (Å²) < 4.78 is 29.4. The minimum Gasteiger partial charge on any atom is -0.298 e. The van der Waals surface area contributed by atoms with E-state index in [1.165, 1.54) is 0 Å². The van der Waals surface area contributed by atoms with Crippen molar-refractivity contribution in [3.63, 3.8) is 0 Å². The maximum absolute atomic E-state index is 12.8. The third-order valence-electron chi connectivity index (χ3n) is 7.11. The highest BCUT2D eigenvalue weighted by Crippen LogP contribution is 2.42. The molecule has 6 rings (SSSR count). The number of hydrogen-bond donors (Lipinski definition) is 1. The van der Waals surface area contributed by atoms with Crippen molar-refractivity contribution < 1.29 is 8.42 Å². The Kier molecular flexibility index (Phi) is 6.59. The molecule has 4 unspecified atom stereocenters. The van der Waals surface area contributed by atoms with Gasteiger partial charge in [-0.3, -0.25) is 4.90 Å². The highest BCUT2D eigenvalue weighted by molar-refractivity contribution is 9.10. The molecule has 2 aromatic carbocycles. The summed E-state index contributed by atoms with van der Waals surface area (Å²) in [7, 11) is -3.51. The molecule has 3 saturated heterocycles. The molecule has 3 aliphatic rings. The summed E-state index contributed by atoms with van der Waals surface area (Å²) >= 11 is 3.65. The van der Waals surface area contributed by atoms with Crippen molar-refractivity contribution in [2.45, 2.75) is 43.5 Å². The second-order valence-corrected chi connectivity index (χ2v) is 12.0. The Hall–Kier alpha value is -2.13. The summed E-state index contributed by atoms with van der Waals surface area (Å²) in [6.45, 7) is 6.23. The van der Waals surface area contributed by atoms with E-state index in [9.17, 15) is 8.42 Å². The summed E-state index contributed by atoms with van der Waals surface area (Å²) in [5, 5.41) is 0. The van der Waals surface area contributed by atoms with Crippen LogP contribution >= 0.6 is 15.9 Å². The van der Waals surface area contributed by atoms with Crippen molar-refractivity contribution in [3.05, 3.63) is 76.2 Å². The second kappa shape index (κ2) is 9.49. The first kappa shape index (κ1) is 23.6. The van der Waals surface area contributed by atoms with Crippen LogP contribution in [-0.4, -0.2) is 49.0 Å². The summed E-state index contributed by atoms with van der Waals surface area (Å²) in [5.41, 5.74) is 4.14. The number of hydrogen-bond acceptors (Lipinski definition) is 5. The molecule has 178 valence electrons. The molecular weight excluding hydrogens is 512 g/mol. The molecule has 0 saturated carbocycles. The van der Waals surface area contributed by atoms with Crippen LogP contribution in [-0.2, 0) is 10.0 Å². The Bertz CT molecular complexity index is 1300. The van der Waals surface area contributed by atoms with Gasteiger partial charge < -0.3 is 0 Å². The van der Waals surface area contributed by atoms with E-state index >= 15 is 0 Å². The monoisotopic (exact) mass is 540 g/mol. The van der Waals surface area contributed by atoms with Crippen molar-refractivity contribution in [2.24, 2.45) is 5.92 Å². The fourth-order valence-electron chi connectivity index (χ4n) is 5.28. The largest absolute Gasteiger partial charge is 0.298 e. The van der Waals surface area contributed by atoms with E-state index in [4.69, 9.17) is 9.97 Å². The molecule has 0 amide bonds. The number of aryl methyl sites for hydroxylation is 2. The highest BCUT2D eigenvalue weighted by atomic mass is 79.9. The quantitative estimate of drug-likeness (QED) is 0.491. The average molecular weight is 542 g/mol. The standard InChI is InChI=1S/C26H29BrN4O2S/c1-17-7-9-21(10-8-17)34(32,33)28-15-20-13-19-11-12-31(20)16-23(19)26-14-25(29-18(2)30-26)22-5-3-4-6-24(22)27/h3-10,14,19-20,23,28H,11-13,15-16H2,1-2H3. The van der Waals surface area contributed by atoms with Crippen molar-refractivity contribution in [1.82, 2.24) is 19.6 Å². The number of nitrogens with zero attached hydrogens (tertiary/aromatic N) is 3. The molecule has 0 radical (unpaired) electrons. The van der Waals surface area contributed by atoms with Crippen LogP contribution in [0.1, 0.15) is 35.8 Å². The molecule has 2 bridgehead atoms. The number of piperidine rings is 3. The van der Waals surface area contributed by atoms with Crippen molar-refractivity contribution in [3.8, 4) is 11.3 Å². The van der Waals surface area contributed by atoms with E-state index < -0.39 is 10.0 Å². The van der Waals surface area contributed by atoms with E-state index in [0.717, 1.165) is 58.7 Å². The van der Waals surface area contributed by atoms with Crippen LogP contribution in [0.3, 0.4) is 0 Å². The Balaban J connectivity index is 1.31. The van der Waals surface area contributed by atoms with Gasteiger partial charge in [-0.25, -0.2) is 23.1 Å². The molecule has 8 heteroatoms. The number of sulfonamides is 1. The zero-order chi connectivity index (χ0) is 23.9. The SMILES string of the molecule is Cc1ccc(S(=O)(=O)NCC2CC3CCN2CC3c2cc(-c3ccccc3Br)nc(C)n2)cc1. The van der Waals surface area contributed by atoms with Gasteiger partial charge in [-0.2, -0.15) is 0 Å². The Morgan fingerprint density at radius 1 is 1.09 bits per heavy atom. The maximum atomic E-state index is 12.8. The molecule has 3 aliphatic heterocycles. The summed E-state index contributed by atoms with van der Waals surface area (Å²) in [6, 6.07) is 17.5. The first-order valence-electron chi connectivity index (χ1n) is 11.7. The van der Waals surface area contributed by atoms with Crippen LogP contribution < -0.4 is 4.72 Å². The van der Waals surface area contributed by atoms with Crippen LogP contribution in [0.2, 0.25) is 0 Å². The van der Waals surface area contributed by atoms with Crippen LogP contribution in [0.4, 0.5) is 0 Å². The van der Waals surface area contributed by atoms with Gasteiger partial charge in [0.05, 0.1) is 10.6 Å². The van der Waals surface area contributed by atoms with E-state index in [1.807, 2.05) is 44.2 Å². The predicted octanol–water partition coefficient (Wildman–Crippen LogP) is 4.68. The molecule has 3 aromatic rings. The summed E-state index contributed by atoms with van der Waals surface area (Å²) in [6.07, 6.45) is 2.08. The van der Waals surface area contributed by atoms with E-state index in [0.29, 0.717) is 23.3 Å². The fourth-order valence-corrected chi connectivity index (χ4v) is 6.84. The lowest BCUT2D eigenvalue weighted by Gasteiger charge is -2.49. The van der Waals surface area contributed by atoms with Gasteiger partial charge in [-0.05, 0) is 63.4 Å². The zero-order valence-corrected chi connectivity index (χ0v) is 21.8. The summed E-state index contributed by atoms with van der Waals surface area (Å²) in [4.78, 5) is 12.3. The van der Waals surface area contributed by atoms with Crippen LogP contribution in [0, 0.1) is 19.8 Å². The maximum Gasteiger partial charge on any atom is 0.240 e. The Labute approximate surface area is 210 Å². The molecule has 1 aromatic heterocycles. The van der Waals surface area contributed by atoms with Crippen LogP contribution in [0.5, 0.6) is 0 Å². The molecule has 0 spiro atoms. The smallest absolute Gasteiger partial charge is 0.240 e. The van der Waals surface area contributed by atoms with Gasteiger partial charge in [-0.15, -0.1) is 0 Å². The van der Waals surface area contributed by atoms with Crippen LogP contribution in [0.15, 0.2) is 64.0 Å². The van der Waals surface area contributed by atoms with Crippen molar-refractivity contribution in [2.75, 3.05) is 19.6 Å². The van der Waals surface area contributed by atoms with Crippen molar-refractivity contribution in [1.29, 1.82) is 0 Å². The van der Waals surface area contributed by atoms with Gasteiger partial charge in [0.15, 0.2) is 0 Å². The third-order valence-corrected chi connectivity index (χ3v) is 9.24. The fraction of sp³-hybridized carbons (Fsp3) is 0.385. The van der Waals surface area contributed by atoms with Gasteiger partial charge >= 0.3 is 0 Å². The van der Waals surface area contributed by atoms with Crippen molar-refractivity contribution >= 4 is 26.0 Å². The molecular formula is C26H29BrN4O2S. The normalized spacial score (nSPS) is 24.3. The number of halogens is 1. The molecule has 4 atom stereocenters. The second-order valence-electron chi connectivity index (χ2n) is 9.41. The molecule has 1 N–H and O–H groups in total. The lowest BCUT2D eigenvalue weighted by Crippen LogP contribution is -2.56. The first-order valence-corrected chi connectivity index (χ1v) is 14.0. The lowest BCUT2D eigenvalue weighted by atomic mass is 9.74. The highest BCUT2D eigenvalue weighted by Gasteiger charge is 2.41. The van der Waals surface area contributed by atoms with E-state index in [2.05, 4.69) is 37.7 Å². The molecule has 4 heterocycles. The van der Waals surface area contributed by atoms with E-state index in [1.54, 1.807) is 12.1 Å². The molecule has 6 nitrogen and oxygen atoms in total. The molecule has 3 fully saturated rings. The van der Waals surface area contributed by atoms with Gasteiger partial charge in [0, 0.05) is 40.8 Å². The number of rotatable bonds is 6. The predicted molar refractivity (Wildman–Crippen MR) is 137 cm³/mol. The number of nitrogens with one attached hydrogen (secondary N) is 1. The minimum atomic E-state index is -3.51. The zero-order valence-electron chi connectivity index (χ0n) is 19.4. The van der Waals surface area contributed by atoms with Gasteiger partial charge in [0.1, 0.15) is 5.82 Å². The lowest BCUT2D eigenvalue weighted by molar-refractivity contribution is 0.0317.